The van der Waals surface area contributed by atoms with Gasteiger partial charge in [-0.3, -0.25) is 4.90 Å². The first-order valence-electron chi connectivity index (χ1n) is 8.42. The summed E-state index contributed by atoms with van der Waals surface area (Å²) in [5.74, 6) is 0. The Morgan fingerprint density at radius 1 is 1.05 bits per heavy atom. The number of hydrogen-bond acceptors (Lipinski definition) is 3. The largest absolute Gasteiger partial charge is 0.316 e. The summed E-state index contributed by atoms with van der Waals surface area (Å²) in [6.45, 7) is 11.4. The molecule has 1 aliphatic carbocycles. The molecule has 19 heavy (non-hydrogen) atoms. The molecule has 3 rings (SSSR count). The molecule has 0 aromatic rings. The van der Waals surface area contributed by atoms with E-state index in [9.17, 15) is 0 Å². The van der Waals surface area contributed by atoms with Crippen molar-refractivity contribution in [3.63, 3.8) is 0 Å². The number of nitrogens with one attached hydrogen (secondary N) is 1. The normalized spacial score (nSPS) is 35.8. The first kappa shape index (κ1) is 13.8. The van der Waals surface area contributed by atoms with E-state index in [2.05, 4.69) is 22.0 Å². The molecule has 3 fully saturated rings. The fraction of sp³-hybridized carbons (Fsp3) is 1.00. The average Bonchev–Trinajstić information content (AvgIpc) is 2.87. The fourth-order valence-corrected chi connectivity index (χ4v) is 4.28. The molecule has 2 aliphatic heterocycles. The molecule has 0 aromatic carbocycles. The standard InChI is InChI=1S/C16H31N3/c1-16(7-8-17-13-16)14-18-9-11-19(12-10-18)15-5-3-2-4-6-15/h15,17H,2-14H2,1H3. The van der Waals surface area contributed by atoms with Gasteiger partial charge in [-0.1, -0.05) is 26.2 Å². The van der Waals surface area contributed by atoms with Gasteiger partial charge in [0.05, 0.1) is 0 Å². The van der Waals surface area contributed by atoms with Crippen LogP contribution in [0.3, 0.4) is 0 Å². The molecule has 1 unspecified atom stereocenters. The Hall–Kier alpha value is -0.120. The summed E-state index contributed by atoms with van der Waals surface area (Å²) in [7, 11) is 0. The van der Waals surface area contributed by atoms with E-state index in [0.29, 0.717) is 5.41 Å². The van der Waals surface area contributed by atoms with Crippen LogP contribution in [0.25, 0.3) is 0 Å². The van der Waals surface area contributed by atoms with E-state index in [0.717, 1.165) is 6.04 Å². The lowest BCUT2D eigenvalue weighted by Gasteiger charge is -2.42. The van der Waals surface area contributed by atoms with E-state index in [1.54, 1.807) is 0 Å². The topological polar surface area (TPSA) is 18.5 Å². The third-order valence-corrected chi connectivity index (χ3v) is 5.56. The third-order valence-electron chi connectivity index (χ3n) is 5.56. The van der Waals surface area contributed by atoms with Crippen molar-refractivity contribution < 1.29 is 0 Å². The van der Waals surface area contributed by atoms with Crippen molar-refractivity contribution in [1.29, 1.82) is 0 Å². The maximum Gasteiger partial charge on any atom is 0.0113 e. The van der Waals surface area contributed by atoms with Gasteiger partial charge in [0.1, 0.15) is 0 Å². The van der Waals surface area contributed by atoms with Crippen molar-refractivity contribution in [1.82, 2.24) is 15.1 Å². The minimum absolute atomic E-state index is 0.535. The first-order valence-corrected chi connectivity index (χ1v) is 8.42. The molecule has 0 amide bonds. The molecule has 0 aromatic heterocycles. The van der Waals surface area contributed by atoms with Crippen LogP contribution in [0, 0.1) is 5.41 Å². The zero-order valence-corrected chi connectivity index (χ0v) is 12.7. The van der Waals surface area contributed by atoms with Crippen LogP contribution in [-0.2, 0) is 0 Å². The lowest BCUT2D eigenvalue weighted by Crippen LogP contribution is -2.52. The van der Waals surface area contributed by atoms with Gasteiger partial charge in [0.2, 0.25) is 0 Å². The van der Waals surface area contributed by atoms with Gasteiger partial charge in [-0.05, 0) is 31.2 Å². The highest BCUT2D eigenvalue weighted by atomic mass is 15.3. The van der Waals surface area contributed by atoms with Gasteiger partial charge in [0.15, 0.2) is 0 Å². The van der Waals surface area contributed by atoms with Crippen molar-refractivity contribution in [3.8, 4) is 0 Å². The Morgan fingerprint density at radius 3 is 2.42 bits per heavy atom. The lowest BCUT2D eigenvalue weighted by molar-refractivity contribution is 0.0596. The Bertz CT molecular complexity index is 272. The molecular weight excluding hydrogens is 234 g/mol. The highest BCUT2D eigenvalue weighted by Crippen LogP contribution is 2.27. The van der Waals surface area contributed by atoms with Gasteiger partial charge in [-0.15, -0.1) is 0 Å². The molecule has 1 N–H and O–H groups in total. The predicted molar refractivity (Wildman–Crippen MR) is 80.5 cm³/mol. The molecule has 0 spiro atoms. The quantitative estimate of drug-likeness (QED) is 0.841. The minimum atomic E-state index is 0.535. The van der Waals surface area contributed by atoms with Crippen molar-refractivity contribution in [3.05, 3.63) is 0 Å². The number of rotatable bonds is 3. The highest BCUT2D eigenvalue weighted by Gasteiger charge is 2.32. The molecule has 2 saturated heterocycles. The Kier molecular flexibility index (Phi) is 4.45. The lowest BCUT2D eigenvalue weighted by atomic mass is 9.89. The molecule has 2 heterocycles. The van der Waals surface area contributed by atoms with Crippen LogP contribution in [0.5, 0.6) is 0 Å². The zero-order chi connectivity index (χ0) is 13.1. The maximum absolute atomic E-state index is 3.53. The summed E-state index contributed by atoms with van der Waals surface area (Å²) in [5, 5.41) is 3.53. The van der Waals surface area contributed by atoms with Gasteiger partial charge < -0.3 is 10.2 Å². The second-order valence-corrected chi connectivity index (χ2v) is 7.34. The molecule has 3 aliphatic rings. The minimum Gasteiger partial charge on any atom is -0.316 e. The molecule has 0 radical (unpaired) electrons. The average molecular weight is 265 g/mol. The van der Waals surface area contributed by atoms with Gasteiger partial charge in [0.25, 0.3) is 0 Å². The van der Waals surface area contributed by atoms with E-state index in [4.69, 9.17) is 0 Å². The van der Waals surface area contributed by atoms with Crippen LogP contribution in [0.1, 0.15) is 45.4 Å². The smallest absolute Gasteiger partial charge is 0.0113 e. The predicted octanol–water partition coefficient (Wildman–Crippen LogP) is 1.94. The molecular formula is C16H31N3. The van der Waals surface area contributed by atoms with Crippen molar-refractivity contribution in [2.45, 2.75) is 51.5 Å². The number of hydrogen-bond donors (Lipinski definition) is 1. The van der Waals surface area contributed by atoms with E-state index in [1.165, 1.54) is 84.3 Å². The molecule has 0 bridgehead atoms. The first-order chi connectivity index (χ1) is 9.25. The number of piperazine rings is 1. The zero-order valence-electron chi connectivity index (χ0n) is 12.7. The summed E-state index contributed by atoms with van der Waals surface area (Å²) in [4.78, 5) is 5.50. The van der Waals surface area contributed by atoms with Crippen LogP contribution in [0.15, 0.2) is 0 Å². The van der Waals surface area contributed by atoms with E-state index in [-0.39, 0.29) is 0 Å². The molecule has 110 valence electrons. The van der Waals surface area contributed by atoms with E-state index < -0.39 is 0 Å². The Labute approximate surface area is 118 Å². The van der Waals surface area contributed by atoms with Crippen LogP contribution >= 0.6 is 0 Å². The number of nitrogens with zero attached hydrogens (tertiary/aromatic N) is 2. The molecule has 1 saturated carbocycles. The highest BCUT2D eigenvalue weighted by molar-refractivity contribution is 4.89. The van der Waals surface area contributed by atoms with Crippen molar-refractivity contribution in [2.24, 2.45) is 5.41 Å². The fourth-order valence-electron chi connectivity index (χ4n) is 4.28. The van der Waals surface area contributed by atoms with Gasteiger partial charge >= 0.3 is 0 Å². The second kappa shape index (κ2) is 6.11. The molecule has 3 heteroatoms. The van der Waals surface area contributed by atoms with Crippen LogP contribution < -0.4 is 5.32 Å². The van der Waals surface area contributed by atoms with Crippen LogP contribution in [-0.4, -0.2) is 61.7 Å². The maximum atomic E-state index is 3.53. The van der Waals surface area contributed by atoms with E-state index in [1.807, 2.05) is 0 Å². The SMILES string of the molecule is CC1(CN2CCN(C3CCCCC3)CC2)CCNC1. The summed E-state index contributed by atoms with van der Waals surface area (Å²) in [5.41, 5.74) is 0.535. The summed E-state index contributed by atoms with van der Waals surface area (Å²) in [6, 6.07) is 0.916. The summed E-state index contributed by atoms with van der Waals surface area (Å²) >= 11 is 0. The van der Waals surface area contributed by atoms with E-state index >= 15 is 0 Å². The van der Waals surface area contributed by atoms with Crippen LogP contribution in [0.2, 0.25) is 0 Å². The monoisotopic (exact) mass is 265 g/mol. The second-order valence-electron chi connectivity index (χ2n) is 7.34. The Balaban J connectivity index is 1.44. The summed E-state index contributed by atoms with van der Waals surface area (Å²) < 4.78 is 0. The van der Waals surface area contributed by atoms with Crippen molar-refractivity contribution >= 4 is 0 Å². The van der Waals surface area contributed by atoms with Crippen molar-refractivity contribution in [2.75, 3.05) is 45.8 Å². The summed E-state index contributed by atoms with van der Waals surface area (Å²) in [6.07, 6.45) is 8.68. The van der Waals surface area contributed by atoms with Crippen LogP contribution in [0.4, 0.5) is 0 Å². The van der Waals surface area contributed by atoms with Gasteiger partial charge in [-0.25, -0.2) is 0 Å². The Morgan fingerprint density at radius 2 is 1.79 bits per heavy atom. The van der Waals surface area contributed by atoms with Gasteiger partial charge in [-0.2, -0.15) is 0 Å². The molecule has 3 nitrogen and oxygen atoms in total. The molecule has 1 atom stereocenters. The third kappa shape index (κ3) is 3.50. The van der Waals surface area contributed by atoms with Gasteiger partial charge in [0, 0.05) is 45.3 Å².